The van der Waals surface area contributed by atoms with Crippen molar-refractivity contribution < 1.29 is 9.53 Å². The number of nitrogens with zero attached hydrogens (tertiary/aromatic N) is 4. The summed E-state index contributed by atoms with van der Waals surface area (Å²) in [4.78, 5) is 32.3. The van der Waals surface area contributed by atoms with Crippen LogP contribution in [0.4, 0.5) is 0 Å². The van der Waals surface area contributed by atoms with Gasteiger partial charge in [0, 0.05) is 22.3 Å². The number of esters is 1. The van der Waals surface area contributed by atoms with Gasteiger partial charge >= 0.3 is 5.97 Å². The Labute approximate surface area is 257 Å². The van der Waals surface area contributed by atoms with Crippen LogP contribution in [0, 0.1) is 0 Å². The van der Waals surface area contributed by atoms with Gasteiger partial charge in [-0.2, -0.15) is 5.10 Å². The molecule has 9 heteroatoms. The van der Waals surface area contributed by atoms with Crippen LogP contribution in [-0.4, -0.2) is 26.9 Å². The van der Waals surface area contributed by atoms with E-state index in [1.54, 1.807) is 23.1 Å². The lowest BCUT2D eigenvalue weighted by molar-refractivity contribution is -0.139. The highest BCUT2D eigenvalue weighted by atomic mass is 35.5. The zero-order chi connectivity index (χ0) is 29.9. The summed E-state index contributed by atoms with van der Waals surface area (Å²) in [6.45, 7) is 3.75. The number of benzene rings is 3. The van der Waals surface area contributed by atoms with Crippen molar-refractivity contribution in [1.82, 2.24) is 14.3 Å². The maximum Gasteiger partial charge on any atom is 0.338 e. The van der Waals surface area contributed by atoms with Crippen LogP contribution in [0.3, 0.4) is 0 Å². The maximum atomic E-state index is 14.1. The number of rotatable bonds is 7. The molecule has 214 valence electrons. The number of halogens is 1. The fourth-order valence-corrected chi connectivity index (χ4v) is 6.13. The van der Waals surface area contributed by atoms with Gasteiger partial charge in [0.05, 0.1) is 34.1 Å². The highest BCUT2D eigenvalue weighted by Gasteiger charge is 2.30. The second-order valence-corrected chi connectivity index (χ2v) is 11.3. The van der Waals surface area contributed by atoms with Gasteiger partial charge in [0.25, 0.3) is 5.56 Å². The van der Waals surface area contributed by atoms with Crippen LogP contribution in [0.25, 0.3) is 29.1 Å². The molecule has 43 heavy (non-hydrogen) atoms. The Hall–Kier alpha value is -4.79. The first kappa shape index (κ1) is 28.3. The van der Waals surface area contributed by atoms with Gasteiger partial charge in [-0.25, -0.2) is 14.5 Å². The van der Waals surface area contributed by atoms with Crippen molar-refractivity contribution in [1.29, 1.82) is 0 Å². The zero-order valence-electron chi connectivity index (χ0n) is 23.5. The number of carbonyl (C=O) groups is 1. The molecule has 0 fully saturated rings. The second-order valence-electron chi connectivity index (χ2n) is 9.83. The first-order valence-electron chi connectivity index (χ1n) is 13.8. The highest BCUT2D eigenvalue weighted by molar-refractivity contribution is 7.07. The molecule has 0 radical (unpaired) electrons. The Morgan fingerprint density at radius 3 is 2.42 bits per heavy atom. The minimum absolute atomic E-state index is 0.216. The maximum absolute atomic E-state index is 14.1. The van der Waals surface area contributed by atoms with Crippen molar-refractivity contribution in [2.75, 3.05) is 6.61 Å². The Morgan fingerprint density at radius 2 is 1.72 bits per heavy atom. The molecule has 0 N–H and O–H groups in total. The summed E-state index contributed by atoms with van der Waals surface area (Å²) in [5, 5.41) is 5.49. The molecule has 7 nitrogen and oxygen atoms in total. The Kier molecular flexibility index (Phi) is 8.05. The van der Waals surface area contributed by atoms with Crippen LogP contribution in [0.1, 0.15) is 31.0 Å². The van der Waals surface area contributed by atoms with E-state index in [1.807, 2.05) is 109 Å². The summed E-state index contributed by atoms with van der Waals surface area (Å²) >= 11 is 7.44. The molecule has 2 aromatic heterocycles. The van der Waals surface area contributed by atoms with E-state index >= 15 is 0 Å². The summed E-state index contributed by atoms with van der Waals surface area (Å²) < 4.78 is 9.21. The van der Waals surface area contributed by atoms with E-state index in [-0.39, 0.29) is 12.2 Å². The van der Waals surface area contributed by atoms with Crippen molar-refractivity contribution in [3.05, 3.63) is 144 Å². The first-order chi connectivity index (χ1) is 20.9. The lowest BCUT2D eigenvalue weighted by atomic mass is 10.0. The van der Waals surface area contributed by atoms with Gasteiger partial charge in [0.15, 0.2) is 4.80 Å². The molecule has 3 heterocycles. The highest BCUT2D eigenvalue weighted by Crippen LogP contribution is 2.28. The molecule has 0 aliphatic carbocycles. The summed E-state index contributed by atoms with van der Waals surface area (Å²) in [7, 11) is 0. The molecule has 0 unspecified atom stereocenters. The summed E-state index contributed by atoms with van der Waals surface area (Å²) in [5.41, 5.74) is 4.77. The van der Waals surface area contributed by atoms with Gasteiger partial charge in [-0.3, -0.25) is 9.36 Å². The van der Waals surface area contributed by atoms with E-state index in [0.29, 0.717) is 31.3 Å². The number of thiazole rings is 1. The SMILES string of the molecule is CCOC(=O)C1=C(C)N=c2s/c(=C\c3cn(-c4ccccc4)nc3-c3ccc(Cl)cc3)c(=O)n2[C@H]1/C=C\c1ccccc1. The van der Waals surface area contributed by atoms with E-state index in [2.05, 4.69) is 4.99 Å². The summed E-state index contributed by atoms with van der Waals surface area (Å²) in [6, 6.07) is 26.3. The van der Waals surface area contributed by atoms with E-state index in [4.69, 9.17) is 21.4 Å². The van der Waals surface area contributed by atoms with Gasteiger partial charge in [-0.1, -0.05) is 95.8 Å². The average Bonchev–Trinajstić information content (AvgIpc) is 3.57. The van der Waals surface area contributed by atoms with E-state index < -0.39 is 12.0 Å². The fraction of sp³-hybridized carbons (Fsp3) is 0.118. The number of carbonyl (C=O) groups excluding carboxylic acids is 1. The molecule has 6 rings (SSSR count). The van der Waals surface area contributed by atoms with Crippen LogP contribution < -0.4 is 14.9 Å². The predicted molar refractivity (Wildman–Crippen MR) is 171 cm³/mol. The number of hydrogen-bond acceptors (Lipinski definition) is 6. The lowest BCUT2D eigenvalue weighted by Gasteiger charge is -2.21. The number of para-hydroxylation sites is 1. The lowest BCUT2D eigenvalue weighted by Crippen LogP contribution is -2.38. The van der Waals surface area contributed by atoms with Gasteiger partial charge in [0.2, 0.25) is 0 Å². The van der Waals surface area contributed by atoms with Crippen molar-refractivity contribution >= 4 is 41.1 Å². The van der Waals surface area contributed by atoms with Gasteiger partial charge in [0.1, 0.15) is 5.69 Å². The number of hydrogen-bond donors (Lipinski definition) is 0. The average molecular weight is 607 g/mol. The molecule has 1 atom stereocenters. The number of fused-ring (bicyclic) bond motifs is 1. The minimum Gasteiger partial charge on any atom is -0.463 e. The molecular formula is C34H27ClN4O3S. The first-order valence-corrected chi connectivity index (χ1v) is 15.0. The van der Waals surface area contributed by atoms with E-state index in [9.17, 15) is 9.59 Å². The number of aromatic nitrogens is 3. The Morgan fingerprint density at radius 1 is 1.02 bits per heavy atom. The summed E-state index contributed by atoms with van der Waals surface area (Å²) in [5.74, 6) is -0.491. The quantitative estimate of drug-likeness (QED) is 0.214. The standard InChI is InChI=1S/C34H27ClN4O3S/c1-3-42-33(41)30-22(2)36-34-39(28(30)19-14-23-10-6-4-7-11-23)32(40)29(43-34)20-25-21-38(27-12-8-5-9-13-27)37-31(25)24-15-17-26(35)18-16-24/h4-21,28H,3H2,1-2H3/b19-14-,29-20-/t28-/m0/s1. The van der Waals surface area contributed by atoms with Gasteiger partial charge in [-0.15, -0.1) is 0 Å². The smallest absolute Gasteiger partial charge is 0.338 e. The molecule has 5 aromatic rings. The third kappa shape index (κ3) is 5.80. The fourth-order valence-electron chi connectivity index (χ4n) is 4.96. The van der Waals surface area contributed by atoms with Crippen LogP contribution in [0.2, 0.25) is 5.02 Å². The number of ether oxygens (including phenoxy) is 1. The van der Waals surface area contributed by atoms with Crippen molar-refractivity contribution in [2.45, 2.75) is 19.9 Å². The second kappa shape index (κ2) is 12.2. The van der Waals surface area contributed by atoms with Crippen molar-refractivity contribution in [3.8, 4) is 16.9 Å². The minimum atomic E-state index is -0.680. The predicted octanol–water partition coefficient (Wildman–Crippen LogP) is 5.97. The third-order valence-electron chi connectivity index (χ3n) is 7.00. The monoisotopic (exact) mass is 606 g/mol. The van der Waals surface area contributed by atoms with Crippen LogP contribution >= 0.6 is 22.9 Å². The molecular weight excluding hydrogens is 580 g/mol. The zero-order valence-corrected chi connectivity index (χ0v) is 25.0. The molecule has 0 saturated carbocycles. The molecule has 3 aromatic carbocycles. The largest absolute Gasteiger partial charge is 0.463 e. The van der Waals surface area contributed by atoms with Crippen molar-refractivity contribution in [3.63, 3.8) is 0 Å². The molecule has 1 aliphatic heterocycles. The van der Waals surface area contributed by atoms with E-state index in [0.717, 1.165) is 22.4 Å². The molecule has 0 saturated heterocycles. The normalized spacial score (nSPS) is 15.0. The number of allylic oxidation sites excluding steroid dienone is 2. The van der Waals surface area contributed by atoms with Crippen LogP contribution in [-0.2, 0) is 9.53 Å². The van der Waals surface area contributed by atoms with Crippen LogP contribution in [0.15, 0.2) is 118 Å². The molecule has 0 spiro atoms. The molecule has 0 bridgehead atoms. The topological polar surface area (TPSA) is 78.5 Å². The van der Waals surface area contributed by atoms with Gasteiger partial charge < -0.3 is 4.74 Å². The Bertz CT molecular complexity index is 2040. The molecule has 1 aliphatic rings. The summed E-state index contributed by atoms with van der Waals surface area (Å²) in [6.07, 6.45) is 7.50. The Balaban J connectivity index is 1.52. The van der Waals surface area contributed by atoms with Gasteiger partial charge in [-0.05, 0) is 49.8 Å². The van der Waals surface area contributed by atoms with Crippen molar-refractivity contribution in [2.24, 2.45) is 4.99 Å². The molecule has 0 amide bonds. The van der Waals surface area contributed by atoms with Crippen LogP contribution in [0.5, 0.6) is 0 Å². The third-order valence-corrected chi connectivity index (χ3v) is 8.23. The van der Waals surface area contributed by atoms with E-state index in [1.165, 1.54) is 11.3 Å².